The fraction of sp³-hybridized carbons (Fsp3) is 0.278. The van der Waals surface area contributed by atoms with Crippen LogP contribution in [0.15, 0.2) is 48.7 Å². The molecule has 0 N–H and O–H groups in total. The molecule has 1 amide bonds. The molecule has 0 radical (unpaired) electrons. The molecule has 6 nitrogen and oxygen atoms in total. The summed E-state index contributed by atoms with van der Waals surface area (Å²) in [5.74, 6) is -0.772. The number of nitrogens with zero attached hydrogens (tertiary/aromatic N) is 2. The van der Waals surface area contributed by atoms with Gasteiger partial charge in [-0.1, -0.05) is 18.2 Å². The molecular weight excluding hydrogens is 308 g/mol. The molecule has 1 heterocycles. The number of carbonyl (C=O) groups excluding carboxylic acids is 2. The minimum atomic E-state index is -0.933. The van der Waals surface area contributed by atoms with Crippen LogP contribution in [0.5, 0.6) is 5.88 Å². The molecule has 0 aliphatic rings. The van der Waals surface area contributed by atoms with E-state index in [0.29, 0.717) is 6.61 Å². The first-order valence-electron chi connectivity index (χ1n) is 7.66. The van der Waals surface area contributed by atoms with Crippen LogP contribution in [0.4, 0.5) is 5.69 Å². The van der Waals surface area contributed by atoms with E-state index in [1.54, 1.807) is 38.2 Å². The van der Waals surface area contributed by atoms with Gasteiger partial charge in [0, 0.05) is 18.9 Å². The average Bonchev–Trinajstić information content (AvgIpc) is 2.61. The van der Waals surface area contributed by atoms with Crippen molar-refractivity contribution in [1.82, 2.24) is 4.98 Å². The summed E-state index contributed by atoms with van der Waals surface area (Å²) >= 11 is 0. The number of ether oxygens (including phenoxy) is 2. The molecular formula is C18H20N2O4. The SMILES string of the molecule is CCOc1ncccc1C(=O)O[C@H](C)C(=O)N(C)c1ccccc1. The Bertz CT molecular complexity index is 703. The van der Waals surface area contributed by atoms with Crippen molar-refractivity contribution in [3.63, 3.8) is 0 Å². The molecule has 1 atom stereocenters. The summed E-state index contributed by atoms with van der Waals surface area (Å²) < 4.78 is 10.6. The maximum Gasteiger partial charge on any atom is 0.344 e. The molecule has 0 aliphatic heterocycles. The predicted molar refractivity (Wildman–Crippen MR) is 90.1 cm³/mol. The second-order valence-electron chi connectivity index (χ2n) is 5.07. The van der Waals surface area contributed by atoms with Crippen molar-refractivity contribution in [2.24, 2.45) is 0 Å². The molecule has 0 saturated carbocycles. The van der Waals surface area contributed by atoms with Crippen LogP contribution in [0.2, 0.25) is 0 Å². The molecule has 1 aromatic carbocycles. The fourth-order valence-corrected chi connectivity index (χ4v) is 2.12. The third kappa shape index (κ3) is 4.10. The Hall–Kier alpha value is -2.89. The highest BCUT2D eigenvalue weighted by molar-refractivity contribution is 5.99. The monoisotopic (exact) mass is 328 g/mol. The molecule has 0 saturated heterocycles. The highest BCUT2D eigenvalue weighted by Gasteiger charge is 2.24. The highest BCUT2D eigenvalue weighted by Crippen LogP contribution is 2.18. The van der Waals surface area contributed by atoms with Gasteiger partial charge >= 0.3 is 5.97 Å². The van der Waals surface area contributed by atoms with Crippen molar-refractivity contribution >= 4 is 17.6 Å². The molecule has 2 aromatic rings. The molecule has 0 aliphatic carbocycles. The number of rotatable bonds is 6. The van der Waals surface area contributed by atoms with E-state index < -0.39 is 12.1 Å². The van der Waals surface area contributed by atoms with E-state index in [1.807, 2.05) is 18.2 Å². The van der Waals surface area contributed by atoms with Gasteiger partial charge in [0.25, 0.3) is 5.91 Å². The third-order valence-electron chi connectivity index (χ3n) is 3.38. The number of anilines is 1. The Kier molecular flexibility index (Phi) is 5.89. The summed E-state index contributed by atoms with van der Waals surface area (Å²) in [4.78, 5) is 30.2. The smallest absolute Gasteiger partial charge is 0.344 e. The van der Waals surface area contributed by atoms with Crippen molar-refractivity contribution in [2.75, 3.05) is 18.6 Å². The molecule has 0 unspecified atom stereocenters. The Morgan fingerprint density at radius 1 is 1.17 bits per heavy atom. The number of hydrogen-bond donors (Lipinski definition) is 0. The zero-order valence-corrected chi connectivity index (χ0v) is 13.9. The van der Waals surface area contributed by atoms with Gasteiger partial charge in [-0.3, -0.25) is 4.79 Å². The number of pyridine rings is 1. The standard InChI is InChI=1S/C18H20N2O4/c1-4-23-16-15(11-8-12-19-16)18(22)24-13(2)17(21)20(3)14-9-6-5-7-10-14/h5-13H,4H2,1-3H3/t13-/m1/s1. The van der Waals surface area contributed by atoms with Gasteiger partial charge < -0.3 is 14.4 Å². The minimum absolute atomic E-state index is 0.195. The fourth-order valence-electron chi connectivity index (χ4n) is 2.12. The summed E-state index contributed by atoms with van der Waals surface area (Å²) in [6.45, 7) is 3.71. The normalized spacial score (nSPS) is 11.5. The van der Waals surface area contributed by atoms with E-state index in [9.17, 15) is 9.59 Å². The first-order chi connectivity index (χ1) is 11.5. The lowest BCUT2D eigenvalue weighted by Gasteiger charge is -2.21. The van der Waals surface area contributed by atoms with Gasteiger partial charge in [-0.2, -0.15) is 0 Å². The van der Waals surface area contributed by atoms with E-state index in [0.717, 1.165) is 5.69 Å². The van der Waals surface area contributed by atoms with E-state index in [-0.39, 0.29) is 17.4 Å². The maximum atomic E-state index is 12.4. The lowest BCUT2D eigenvalue weighted by Crippen LogP contribution is -2.37. The lowest BCUT2D eigenvalue weighted by molar-refractivity contribution is -0.126. The molecule has 2 rings (SSSR count). The summed E-state index contributed by atoms with van der Waals surface area (Å²) in [5.41, 5.74) is 0.920. The first kappa shape index (κ1) is 17.5. The number of amides is 1. The topological polar surface area (TPSA) is 68.7 Å². The molecule has 0 fully saturated rings. The molecule has 0 bridgehead atoms. The maximum absolute atomic E-state index is 12.4. The molecule has 126 valence electrons. The quantitative estimate of drug-likeness (QED) is 0.763. The van der Waals surface area contributed by atoms with Crippen LogP contribution < -0.4 is 9.64 Å². The van der Waals surface area contributed by atoms with Crippen LogP contribution >= 0.6 is 0 Å². The van der Waals surface area contributed by atoms with E-state index in [2.05, 4.69) is 4.98 Å². The van der Waals surface area contributed by atoms with Crippen LogP contribution in [0, 0.1) is 0 Å². The van der Waals surface area contributed by atoms with Crippen LogP contribution in [-0.2, 0) is 9.53 Å². The van der Waals surface area contributed by atoms with Crippen LogP contribution in [0.1, 0.15) is 24.2 Å². The van der Waals surface area contributed by atoms with E-state index in [4.69, 9.17) is 9.47 Å². The van der Waals surface area contributed by atoms with Crippen LogP contribution in [0.25, 0.3) is 0 Å². The molecule has 24 heavy (non-hydrogen) atoms. The Labute approximate surface area is 141 Å². The zero-order valence-electron chi connectivity index (χ0n) is 13.9. The molecule has 0 spiro atoms. The first-order valence-corrected chi connectivity index (χ1v) is 7.66. The molecule has 6 heteroatoms. The van der Waals surface area contributed by atoms with Gasteiger partial charge in [-0.25, -0.2) is 9.78 Å². The largest absolute Gasteiger partial charge is 0.477 e. The van der Waals surface area contributed by atoms with Crippen molar-refractivity contribution in [1.29, 1.82) is 0 Å². The van der Waals surface area contributed by atoms with Crippen molar-refractivity contribution in [2.45, 2.75) is 20.0 Å². The van der Waals surface area contributed by atoms with E-state index in [1.165, 1.54) is 18.0 Å². The van der Waals surface area contributed by atoms with Gasteiger partial charge in [0.1, 0.15) is 5.56 Å². The summed E-state index contributed by atoms with van der Waals surface area (Å²) in [6.07, 6.45) is 0.594. The minimum Gasteiger partial charge on any atom is -0.477 e. The number of carbonyl (C=O) groups is 2. The lowest BCUT2D eigenvalue weighted by atomic mass is 10.2. The molecule has 1 aromatic heterocycles. The predicted octanol–water partition coefficient (Wildman–Crippen LogP) is 2.69. The van der Waals surface area contributed by atoms with Gasteiger partial charge in [-0.05, 0) is 38.1 Å². The van der Waals surface area contributed by atoms with Crippen molar-refractivity contribution in [3.8, 4) is 5.88 Å². The van der Waals surface area contributed by atoms with Crippen LogP contribution in [0.3, 0.4) is 0 Å². The number of para-hydroxylation sites is 1. The van der Waals surface area contributed by atoms with Crippen molar-refractivity contribution in [3.05, 3.63) is 54.2 Å². The Morgan fingerprint density at radius 2 is 1.88 bits per heavy atom. The van der Waals surface area contributed by atoms with Crippen molar-refractivity contribution < 1.29 is 19.1 Å². The number of hydrogen-bond acceptors (Lipinski definition) is 5. The third-order valence-corrected chi connectivity index (χ3v) is 3.38. The van der Waals surface area contributed by atoms with Gasteiger partial charge in [-0.15, -0.1) is 0 Å². The number of aromatic nitrogens is 1. The van der Waals surface area contributed by atoms with Gasteiger partial charge in [0.2, 0.25) is 5.88 Å². The highest BCUT2D eigenvalue weighted by atomic mass is 16.6. The summed E-state index contributed by atoms with van der Waals surface area (Å²) in [6, 6.07) is 12.3. The van der Waals surface area contributed by atoms with Crippen LogP contribution in [-0.4, -0.2) is 36.6 Å². The Morgan fingerprint density at radius 3 is 2.54 bits per heavy atom. The summed E-state index contributed by atoms with van der Waals surface area (Å²) in [7, 11) is 1.64. The number of likely N-dealkylation sites (N-methyl/N-ethyl adjacent to an activating group) is 1. The average molecular weight is 328 g/mol. The Balaban J connectivity index is 2.07. The second-order valence-corrected chi connectivity index (χ2v) is 5.07. The zero-order chi connectivity index (χ0) is 17.5. The number of esters is 1. The second kappa shape index (κ2) is 8.10. The summed E-state index contributed by atoms with van der Waals surface area (Å²) in [5, 5.41) is 0. The van der Waals surface area contributed by atoms with Gasteiger partial charge in [0.15, 0.2) is 6.10 Å². The van der Waals surface area contributed by atoms with E-state index >= 15 is 0 Å². The number of benzene rings is 1. The van der Waals surface area contributed by atoms with Gasteiger partial charge in [0.05, 0.1) is 6.61 Å².